The van der Waals surface area contributed by atoms with Gasteiger partial charge < -0.3 is 20.1 Å². The summed E-state index contributed by atoms with van der Waals surface area (Å²) in [5.74, 6) is 0.359. The minimum atomic E-state index is -0.556. The number of hydrogen-bond donors (Lipinski definition) is 3. The van der Waals surface area contributed by atoms with Crippen LogP contribution in [0.5, 0.6) is 5.75 Å². The second kappa shape index (κ2) is 8.89. The Morgan fingerprint density at radius 2 is 1.96 bits per heavy atom. The van der Waals surface area contributed by atoms with Crippen LogP contribution in [0.2, 0.25) is 0 Å². The van der Waals surface area contributed by atoms with E-state index in [2.05, 4.69) is 16.0 Å². The third-order valence-corrected chi connectivity index (χ3v) is 3.82. The number of carbonyl (C=O) groups excluding carboxylic acids is 2. The SMILES string of the molecule is C[C@@H](Nc1ccc(OC[C@H]2CCCO2)cc1)C(=O)NC(=O)NC(C)(C)C. The molecular formula is C19H29N3O4. The number of amides is 3. The summed E-state index contributed by atoms with van der Waals surface area (Å²) in [6, 6.07) is 6.30. The van der Waals surface area contributed by atoms with E-state index in [0.717, 1.165) is 30.9 Å². The molecule has 26 heavy (non-hydrogen) atoms. The van der Waals surface area contributed by atoms with Crippen LogP contribution in [0, 0.1) is 0 Å². The van der Waals surface area contributed by atoms with Crippen molar-refractivity contribution in [2.24, 2.45) is 0 Å². The first-order valence-corrected chi connectivity index (χ1v) is 8.97. The van der Waals surface area contributed by atoms with Crippen LogP contribution in [0.3, 0.4) is 0 Å². The van der Waals surface area contributed by atoms with E-state index in [1.54, 1.807) is 6.92 Å². The Morgan fingerprint density at radius 1 is 1.27 bits per heavy atom. The van der Waals surface area contributed by atoms with Gasteiger partial charge in [0, 0.05) is 17.8 Å². The number of hydrogen-bond acceptors (Lipinski definition) is 5. The van der Waals surface area contributed by atoms with Crippen LogP contribution >= 0.6 is 0 Å². The van der Waals surface area contributed by atoms with Crippen molar-refractivity contribution in [3.05, 3.63) is 24.3 Å². The lowest BCUT2D eigenvalue weighted by molar-refractivity contribution is -0.120. The lowest BCUT2D eigenvalue weighted by Gasteiger charge is -2.21. The molecular weight excluding hydrogens is 334 g/mol. The van der Waals surface area contributed by atoms with E-state index in [0.29, 0.717) is 6.61 Å². The number of benzene rings is 1. The molecule has 0 saturated carbocycles. The monoisotopic (exact) mass is 363 g/mol. The molecule has 0 spiro atoms. The summed E-state index contributed by atoms with van der Waals surface area (Å²) < 4.78 is 11.2. The summed E-state index contributed by atoms with van der Waals surface area (Å²) in [6.07, 6.45) is 2.30. The lowest BCUT2D eigenvalue weighted by atomic mass is 10.1. The molecule has 1 heterocycles. The maximum atomic E-state index is 12.1. The fraction of sp³-hybridized carbons (Fsp3) is 0.579. The van der Waals surface area contributed by atoms with Crippen LogP contribution < -0.4 is 20.7 Å². The van der Waals surface area contributed by atoms with E-state index >= 15 is 0 Å². The van der Waals surface area contributed by atoms with Crippen molar-refractivity contribution in [2.75, 3.05) is 18.5 Å². The molecule has 1 aliphatic heterocycles. The molecule has 3 N–H and O–H groups in total. The Bertz CT molecular complexity index is 604. The van der Waals surface area contributed by atoms with E-state index in [4.69, 9.17) is 9.47 Å². The first kappa shape index (κ1) is 20.0. The average molecular weight is 363 g/mol. The van der Waals surface area contributed by atoms with E-state index in [1.807, 2.05) is 45.0 Å². The minimum Gasteiger partial charge on any atom is -0.491 e. The highest BCUT2D eigenvalue weighted by Crippen LogP contribution is 2.19. The van der Waals surface area contributed by atoms with E-state index < -0.39 is 23.5 Å². The van der Waals surface area contributed by atoms with E-state index in [9.17, 15) is 9.59 Å². The number of nitrogens with one attached hydrogen (secondary N) is 3. The molecule has 144 valence electrons. The topological polar surface area (TPSA) is 88.7 Å². The smallest absolute Gasteiger partial charge is 0.321 e. The van der Waals surface area contributed by atoms with Crippen LogP contribution in [0.25, 0.3) is 0 Å². The third kappa shape index (κ3) is 6.92. The van der Waals surface area contributed by atoms with Gasteiger partial charge >= 0.3 is 6.03 Å². The Morgan fingerprint density at radius 3 is 2.54 bits per heavy atom. The maximum Gasteiger partial charge on any atom is 0.321 e. The van der Waals surface area contributed by atoms with Crippen molar-refractivity contribution < 1.29 is 19.1 Å². The fourth-order valence-electron chi connectivity index (χ4n) is 2.52. The number of ether oxygens (including phenoxy) is 2. The largest absolute Gasteiger partial charge is 0.491 e. The molecule has 2 rings (SSSR count). The predicted octanol–water partition coefficient (Wildman–Crippen LogP) is 2.67. The van der Waals surface area contributed by atoms with Crippen molar-refractivity contribution in [3.8, 4) is 5.75 Å². The molecule has 2 atom stereocenters. The number of urea groups is 1. The maximum absolute atomic E-state index is 12.1. The summed E-state index contributed by atoms with van der Waals surface area (Å²) in [5.41, 5.74) is 0.369. The summed E-state index contributed by atoms with van der Waals surface area (Å²) in [7, 11) is 0. The number of anilines is 1. The van der Waals surface area contributed by atoms with Crippen LogP contribution in [0.1, 0.15) is 40.5 Å². The lowest BCUT2D eigenvalue weighted by Crippen LogP contribution is -2.51. The van der Waals surface area contributed by atoms with Crippen molar-refractivity contribution in [1.29, 1.82) is 0 Å². The van der Waals surface area contributed by atoms with Crippen molar-refractivity contribution in [3.63, 3.8) is 0 Å². The molecule has 7 nitrogen and oxygen atoms in total. The van der Waals surface area contributed by atoms with Gasteiger partial charge in [0.2, 0.25) is 5.91 Å². The molecule has 0 aliphatic carbocycles. The number of rotatable bonds is 6. The summed E-state index contributed by atoms with van der Waals surface area (Å²) in [4.78, 5) is 23.8. The molecule has 1 aromatic carbocycles. The zero-order valence-corrected chi connectivity index (χ0v) is 15.9. The van der Waals surface area contributed by atoms with Crippen LogP contribution in [-0.4, -0.2) is 42.8 Å². The van der Waals surface area contributed by atoms with Gasteiger partial charge in [-0.15, -0.1) is 0 Å². The van der Waals surface area contributed by atoms with Gasteiger partial charge in [-0.25, -0.2) is 4.79 Å². The number of carbonyl (C=O) groups is 2. The summed E-state index contributed by atoms with van der Waals surface area (Å²) >= 11 is 0. The van der Waals surface area contributed by atoms with E-state index in [1.165, 1.54) is 0 Å². The van der Waals surface area contributed by atoms with Gasteiger partial charge in [0.15, 0.2) is 0 Å². The fourth-order valence-corrected chi connectivity index (χ4v) is 2.52. The normalized spacial score (nSPS) is 18.1. The van der Waals surface area contributed by atoms with Crippen LogP contribution in [0.4, 0.5) is 10.5 Å². The Labute approximate surface area is 154 Å². The molecule has 1 aliphatic rings. The number of imide groups is 1. The highest BCUT2D eigenvalue weighted by Gasteiger charge is 2.19. The Kier molecular flexibility index (Phi) is 6.85. The second-order valence-electron chi connectivity index (χ2n) is 7.53. The van der Waals surface area contributed by atoms with Gasteiger partial charge in [0.1, 0.15) is 18.4 Å². The zero-order chi connectivity index (χ0) is 19.2. The van der Waals surface area contributed by atoms with Gasteiger partial charge in [0.05, 0.1) is 6.10 Å². The molecule has 1 aromatic rings. The summed E-state index contributed by atoms with van der Waals surface area (Å²) in [6.45, 7) is 8.60. The Hall–Kier alpha value is -2.28. The average Bonchev–Trinajstić information content (AvgIpc) is 3.05. The van der Waals surface area contributed by atoms with Crippen LogP contribution in [-0.2, 0) is 9.53 Å². The molecule has 0 radical (unpaired) electrons. The highest BCUT2D eigenvalue weighted by molar-refractivity contribution is 5.98. The molecule has 0 bridgehead atoms. The minimum absolute atomic E-state index is 0.177. The van der Waals surface area contributed by atoms with Gasteiger partial charge in [0.25, 0.3) is 0 Å². The van der Waals surface area contributed by atoms with Gasteiger partial charge in [-0.1, -0.05) is 0 Å². The molecule has 1 fully saturated rings. The quantitative estimate of drug-likeness (QED) is 0.723. The Balaban J connectivity index is 1.77. The summed E-state index contributed by atoms with van der Waals surface area (Å²) in [5, 5.41) is 8.08. The third-order valence-electron chi connectivity index (χ3n) is 3.82. The molecule has 7 heteroatoms. The van der Waals surface area contributed by atoms with Crippen molar-refractivity contribution in [1.82, 2.24) is 10.6 Å². The molecule has 3 amide bonds. The van der Waals surface area contributed by atoms with Gasteiger partial charge in [-0.3, -0.25) is 10.1 Å². The van der Waals surface area contributed by atoms with E-state index in [-0.39, 0.29) is 6.10 Å². The standard InChI is InChI=1S/C19H29N3O4/c1-13(17(23)21-18(24)22-19(2,3)4)20-14-7-9-15(10-8-14)26-12-16-6-5-11-25-16/h7-10,13,16,20H,5-6,11-12H2,1-4H3,(H2,21,22,23,24)/t13-,16-/m1/s1. The predicted molar refractivity (Wildman–Crippen MR) is 100 cm³/mol. The van der Waals surface area contributed by atoms with Crippen molar-refractivity contribution in [2.45, 2.75) is 58.2 Å². The highest BCUT2D eigenvalue weighted by atomic mass is 16.5. The van der Waals surface area contributed by atoms with Gasteiger partial charge in [-0.2, -0.15) is 0 Å². The second-order valence-corrected chi connectivity index (χ2v) is 7.53. The van der Waals surface area contributed by atoms with Crippen molar-refractivity contribution >= 4 is 17.6 Å². The molecule has 0 aromatic heterocycles. The first-order valence-electron chi connectivity index (χ1n) is 8.97. The first-order chi connectivity index (χ1) is 12.2. The zero-order valence-electron chi connectivity index (χ0n) is 15.9. The molecule has 0 unspecified atom stereocenters. The van der Waals surface area contributed by atoms with Gasteiger partial charge in [-0.05, 0) is 64.8 Å². The van der Waals surface area contributed by atoms with Crippen LogP contribution in [0.15, 0.2) is 24.3 Å². The molecule has 1 saturated heterocycles.